The second-order valence-electron chi connectivity index (χ2n) is 4.87. The maximum atomic E-state index is 12.2. The Balaban J connectivity index is 1.91. The van der Waals surface area contributed by atoms with Gasteiger partial charge < -0.3 is 16.2 Å². The van der Waals surface area contributed by atoms with E-state index in [4.69, 9.17) is 5.73 Å². The minimum absolute atomic E-state index is 0.0715. The molecule has 0 bridgehead atoms. The summed E-state index contributed by atoms with van der Waals surface area (Å²) in [6.07, 6.45) is 1.42. The fourth-order valence-corrected chi connectivity index (χ4v) is 2.19. The number of amides is 1. The van der Waals surface area contributed by atoms with E-state index in [1.54, 1.807) is 12.1 Å². The van der Waals surface area contributed by atoms with Crippen molar-refractivity contribution in [1.82, 2.24) is 5.32 Å². The van der Waals surface area contributed by atoms with Gasteiger partial charge in [-0.1, -0.05) is 30.3 Å². The Bertz CT molecular complexity index is 594. The molecule has 0 spiro atoms. The number of carbonyl (C=O) groups excluding carboxylic acids is 1. The van der Waals surface area contributed by atoms with Crippen LogP contribution in [0.3, 0.4) is 0 Å². The number of benzene rings is 2. The van der Waals surface area contributed by atoms with E-state index >= 15 is 0 Å². The fraction of sp³-hybridized carbons (Fsp3) is 0.235. The Labute approximate surface area is 124 Å². The van der Waals surface area contributed by atoms with Crippen LogP contribution in [0.1, 0.15) is 21.5 Å². The molecule has 0 aromatic heterocycles. The van der Waals surface area contributed by atoms with Gasteiger partial charge in [-0.25, -0.2) is 0 Å². The molecule has 1 amide bonds. The van der Waals surface area contributed by atoms with Crippen molar-refractivity contribution in [3.63, 3.8) is 0 Å². The van der Waals surface area contributed by atoms with Crippen molar-refractivity contribution in [2.24, 2.45) is 5.73 Å². The van der Waals surface area contributed by atoms with Gasteiger partial charge in [0, 0.05) is 12.1 Å². The lowest BCUT2D eigenvalue weighted by Crippen LogP contribution is -2.27. The maximum Gasteiger partial charge on any atom is 0.251 e. The first kappa shape index (κ1) is 15.1. The van der Waals surface area contributed by atoms with Gasteiger partial charge in [-0.3, -0.25) is 4.79 Å². The molecule has 0 aliphatic carbocycles. The van der Waals surface area contributed by atoms with E-state index in [0.717, 1.165) is 17.5 Å². The van der Waals surface area contributed by atoms with Crippen molar-refractivity contribution in [2.45, 2.75) is 12.8 Å². The zero-order valence-corrected chi connectivity index (χ0v) is 11.9. The van der Waals surface area contributed by atoms with Gasteiger partial charge in [0.25, 0.3) is 5.91 Å². The molecule has 0 radical (unpaired) electrons. The van der Waals surface area contributed by atoms with Gasteiger partial charge in [-0.05, 0) is 48.7 Å². The smallest absolute Gasteiger partial charge is 0.251 e. The highest BCUT2D eigenvalue weighted by atomic mass is 16.3. The molecule has 2 rings (SSSR count). The number of hydrogen-bond acceptors (Lipinski definition) is 3. The van der Waals surface area contributed by atoms with Crippen molar-refractivity contribution in [3.8, 4) is 5.75 Å². The van der Waals surface area contributed by atoms with Gasteiger partial charge in [0.05, 0.1) is 0 Å². The van der Waals surface area contributed by atoms with E-state index in [0.29, 0.717) is 25.1 Å². The summed E-state index contributed by atoms with van der Waals surface area (Å²) in [6, 6.07) is 14.5. The lowest BCUT2D eigenvalue weighted by atomic mass is 10.0. The third-order valence-corrected chi connectivity index (χ3v) is 3.31. The minimum Gasteiger partial charge on any atom is -0.508 e. The van der Waals surface area contributed by atoms with Gasteiger partial charge in [0.1, 0.15) is 5.75 Å². The molecule has 4 nitrogen and oxygen atoms in total. The summed E-state index contributed by atoms with van der Waals surface area (Å²) >= 11 is 0. The van der Waals surface area contributed by atoms with E-state index in [9.17, 15) is 9.90 Å². The first-order chi connectivity index (χ1) is 10.2. The first-order valence-electron chi connectivity index (χ1n) is 7.05. The lowest BCUT2D eigenvalue weighted by molar-refractivity contribution is 0.0953. The molecular formula is C17H20N2O2. The molecule has 0 saturated heterocycles. The highest BCUT2D eigenvalue weighted by Gasteiger charge is 2.09. The van der Waals surface area contributed by atoms with Gasteiger partial charge in [-0.2, -0.15) is 0 Å². The van der Waals surface area contributed by atoms with Crippen molar-refractivity contribution in [1.29, 1.82) is 0 Å². The van der Waals surface area contributed by atoms with Gasteiger partial charge >= 0.3 is 0 Å². The van der Waals surface area contributed by atoms with Crippen LogP contribution >= 0.6 is 0 Å². The zero-order valence-electron chi connectivity index (χ0n) is 11.9. The largest absolute Gasteiger partial charge is 0.508 e. The second-order valence-corrected chi connectivity index (χ2v) is 4.87. The van der Waals surface area contributed by atoms with E-state index in [-0.39, 0.29) is 11.7 Å². The third-order valence-electron chi connectivity index (χ3n) is 3.31. The average molecular weight is 284 g/mol. The Hall–Kier alpha value is -2.33. The summed E-state index contributed by atoms with van der Waals surface area (Å²) in [5.41, 5.74) is 8.30. The third kappa shape index (κ3) is 4.33. The summed E-state index contributed by atoms with van der Waals surface area (Å²) in [4.78, 5) is 12.2. The van der Waals surface area contributed by atoms with E-state index in [2.05, 4.69) is 5.32 Å². The zero-order chi connectivity index (χ0) is 15.1. The highest BCUT2D eigenvalue weighted by Crippen LogP contribution is 2.11. The van der Waals surface area contributed by atoms with Crippen LogP contribution in [0, 0.1) is 0 Å². The molecule has 0 saturated carbocycles. The van der Waals surface area contributed by atoms with E-state index < -0.39 is 0 Å². The van der Waals surface area contributed by atoms with Crippen molar-refractivity contribution in [3.05, 3.63) is 65.2 Å². The van der Waals surface area contributed by atoms with Crippen molar-refractivity contribution >= 4 is 5.91 Å². The molecular weight excluding hydrogens is 264 g/mol. The van der Waals surface area contributed by atoms with Gasteiger partial charge in [0.2, 0.25) is 0 Å². The van der Waals surface area contributed by atoms with Crippen LogP contribution in [-0.2, 0) is 12.8 Å². The molecule has 0 aliphatic heterocycles. The van der Waals surface area contributed by atoms with Crippen molar-refractivity contribution in [2.75, 3.05) is 13.1 Å². The fourth-order valence-electron chi connectivity index (χ4n) is 2.19. The summed E-state index contributed by atoms with van der Waals surface area (Å²) in [5.74, 6) is 0.177. The summed E-state index contributed by atoms with van der Waals surface area (Å²) < 4.78 is 0. The van der Waals surface area contributed by atoms with Crippen LogP contribution in [0.4, 0.5) is 0 Å². The van der Waals surface area contributed by atoms with Crippen LogP contribution in [0.15, 0.2) is 48.5 Å². The lowest BCUT2D eigenvalue weighted by Gasteiger charge is -2.09. The maximum absolute atomic E-state index is 12.2. The van der Waals surface area contributed by atoms with Crippen molar-refractivity contribution < 1.29 is 9.90 Å². The molecule has 2 aromatic rings. The summed E-state index contributed by atoms with van der Waals surface area (Å²) in [5, 5.41) is 12.1. The molecule has 4 heteroatoms. The molecule has 0 aliphatic rings. The predicted molar refractivity (Wildman–Crippen MR) is 83.3 cm³/mol. The molecule has 0 fully saturated rings. The quantitative estimate of drug-likeness (QED) is 0.758. The van der Waals surface area contributed by atoms with Crippen LogP contribution in [0.5, 0.6) is 5.75 Å². The number of phenols is 1. The Morgan fingerprint density at radius 2 is 1.76 bits per heavy atom. The van der Waals surface area contributed by atoms with Crippen LogP contribution < -0.4 is 11.1 Å². The Kier molecular flexibility index (Phi) is 5.35. The minimum atomic E-state index is -0.0715. The predicted octanol–water partition coefficient (Wildman–Crippen LogP) is 1.87. The van der Waals surface area contributed by atoms with Gasteiger partial charge in [-0.15, -0.1) is 0 Å². The summed E-state index contributed by atoms with van der Waals surface area (Å²) in [7, 11) is 0. The summed E-state index contributed by atoms with van der Waals surface area (Å²) in [6.45, 7) is 1.08. The average Bonchev–Trinajstić information content (AvgIpc) is 2.50. The number of phenolic OH excluding ortho intramolecular Hbond substituents is 1. The van der Waals surface area contributed by atoms with E-state index in [1.165, 1.54) is 0 Å². The topological polar surface area (TPSA) is 75.4 Å². The second kappa shape index (κ2) is 7.45. The SMILES string of the molecule is NCCc1ccccc1C(=O)NCCc1ccc(O)cc1. The Morgan fingerprint density at radius 3 is 2.48 bits per heavy atom. The number of hydrogen-bond donors (Lipinski definition) is 3. The molecule has 4 N–H and O–H groups in total. The molecule has 110 valence electrons. The monoisotopic (exact) mass is 284 g/mol. The first-order valence-corrected chi connectivity index (χ1v) is 7.05. The number of carbonyl (C=O) groups is 1. The van der Waals surface area contributed by atoms with Crippen LogP contribution in [0.25, 0.3) is 0 Å². The number of nitrogens with two attached hydrogens (primary N) is 1. The van der Waals surface area contributed by atoms with E-state index in [1.807, 2.05) is 36.4 Å². The standard InChI is InChI=1S/C17H20N2O2/c18-11-9-14-3-1-2-4-16(14)17(21)19-12-10-13-5-7-15(20)8-6-13/h1-8,20H,9-12,18H2,(H,19,21). The number of nitrogens with one attached hydrogen (secondary N) is 1. The van der Waals surface area contributed by atoms with Gasteiger partial charge in [0.15, 0.2) is 0 Å². The molecule has 2 aromatic carbocycles. The molecule has 0 heterocycles. The normalized spacial score (nSPS) is 10.3. The molecule has 21 heavy (non-hydrogen) atoms. The Morgan fingerprint density at radius 1 is 1.05 bits per heavy atom. The number of rotatable bonds is 6. The number of aromatic hydroxyl groups is 1. The molecule has 0 unspecified atom stereocenters. The highest BCUT2D eigenvalue weighted by molar-refractivity contribution is 5.95. The molecule has 0 atom stereocenters. The van der Waals surface area contributed by atoms with Crippen LogP contribution in [-0.4, -0.2) is 24.1 Å². The van der Waals surface area contributed by atoms with Crippen LogP contribution in [0.2, 0.25) is 0 Å².